The van der Waals surface area contributed by atoms with Crippen molar-refractivity contribution in [2.75, 3.05) is 11.4 Å². The van der Waals surface area contributed by atoms with E-state index in [9.17, 15) is 26.4 Å². The predicted octanol–water partition coefficient (Wildman–Crippen LogP) is 4.40. The monoisotopic (exact) mass is 468 g/mol. The quantitative estimate of drug-likeness (QED) is 0.706. The van der Waals surface area contributed by atoms with Crippen LogP contribution in [-0.2, 0) is 16.4 Å². The van der Waals surface area contributed by atoms with Gasteiger partial charge in [-0.25, -0.2) is 13.1 Å². The van der Waals surface area contributed by atoms with Gasteiger partial charge in [-0.05, 0) is 67.6 Å². The molecule has 10 heteroatoms. The Morgan fingerprint density at radius 2 is 1.81 bits per heavy atom. The van der Waals surface area contributed by atoms with Crippen molar-refractivity contribution in [3.8, 4) is 5.75 Å². The van der Waals surface area contributed by atoms with Crippen molar-refractivity contribution in [2.45, 2.75) is 55.8 Å². The Kier molecular flexibility index (Phi) is 6.17. The van der Waals surface area contributed by atoms with E-state index >= 15 is 0 Å². The molecule has 4 rings (SSSR count). The maximum atomic E-state index is 13.2. The molecule has 1 aliphatic carbocycles. The second-order valence-electron chi connectivity index (χ2n) is 8.03. The minimum Gasteiger partial charge on any atom is -0.406 e. The number of amides is 1. The van der Waals surface area contributed by atoms with Crippen LogP contribution in [0.15, 0.2) is 47.4 Å². The maximum Gasteiger partial charge on any atom is 0.573 e. The van der Waals surface area contributed by atoms with Crippen LogP contribution in [0.25, 0.3) is 0 Å². The molecular weight excluding hydrogens is 445 g/mol. The standard InChI is InChI=1S/C22H23F3N2O4S/c23-22(24,25)31-18-10-11-20-15(13-18)6-4-12-27(20)21(28)16-5-3-9-19(14-16)32(29,30)26-17-7-1-2-8-17/h3,5,9-11,13-14,17,26H,1-2,4,6-8,12H2. The van der Waals surface area contributed by atoms with Gasteiger partial charge in [-0.1, -0.05) is 18.9 Å². The Morgan fingerprint density at radius 3 is 2.53 bits per heavy atom. The lowest BCUT2D eigenvalue weighted by Crippen LogP contribution is -2.36. The zero-order valence-corrected chi connectivity index (χ0v) is 18.0. The fourth-order valence-corrected chi connectivity index (χ4v) is 5.62. The van der Waals surface area contributed by atoms with Crippen molar-refractivity contribution in [3.63, 3.8) is 0 Å². The van der Waals surface area contributed by atoms with E-state index in [1.807, 2.05) is 0 Å². The highest BCUT2D eigenvalue weighted by molar-refractivity contribution is 7.89. The number of rotatable bonds is 5. The summed E-state index contributed by atoms with van der Waals surface area (Å²) in [6.07, 6.45) is -0.170. The minimum atomic E-state index is -4.79. The molecule has 0 radical (unpaired) electrons. The molecule has 0 aromatic heterocycles. The van der Waals surface area contributed by atoms with E-state index in [-0.39, 0.29) is 22.3 Å². The molecule has 1 fully saturated rings. The number of nitrogens with one attached hydrogen (secondary N) is 1. The third kappa shape index (κ3) is 5.07. The highest BCUT2D eigenvalue weighted by Crippen LogP contribution is 2.33. The summed E-state index contributed by atoms with van der Waals surface area (Å²) in [5.41, 5.74) is 1.26. The van der Waals surface area contributed by atoms with Crippen LogP contribution in [0.1, 0.15) is 48.0 Å². The molecule has 0 spiro atoms. The summed E-state index contributed by atoms with van der Waals surface area (Å²) < 4.78 is 69.7. The highest BCUT2D eigenvalue weighted by atomic mass is 32.2. The molecule has 2 aromatic rings. The van der Waals surface area contributed by atoms with Crippen LogP contribution in [0.3, 0.4) is 0 Å². The first-order chi connectivity index (χ1) is 15.1. The number of ether oxygens (including phenoxy) is 1. The number of sulfonamides is 1. The summed E-state index contributed by atoms with van der Waals surface area (Å²) in [5, 5.41) is 0. The third-order valence-electron chi connectivity index (χ3n) is 5.72. The molecule has 0 bridgehead atoms. The van der Waals surface area contributed by atoms with Crippen molar-refractivity contribution in [2.24, 2.45) is 0 Å². The van der Waals surface area contributed by atoms with Gasteiger partial charge in [-0.3, -0.25) is 4.79 Å². The van der Waals surface area contributed by atoms with E-state index in [1.165, 1.54) is 47.4 Å². The van der Waals surface area contributed by atoms with Crippen molar-refractivity contribution in [1.29, 1.82) is 0 Å². The first-order valence-corrected chi connectivity index (χ1v) is 11.9. The molecule has 0 saturated heterocycles. The Hall–Kier alpha value is -2.59. The van der Waals surface area contributed by atoms with Crippen molar-refractivity contribution in [3.05, 3.63) is 53.6 Å². The van der Waals surface area contributed by atoms with Crippen molar-refractivity contribution >= 4 is 21.6 Å². The van der Waals surface area contributed by atoms with Crippen LogP contribution in [0.2, 0.25) is 0 Å². The van der Waals surface area contributed by atoms with Gasteiger partial charge in [-0.2, -0.15) is 0 Å². The molecule has 0 atom stereocenters. The Morgan fingerprint density at radius 1 is 1.06 bits per heavy atom. The van der Waals surface area contributed by atoms with Gasteiger partial charge >= 0.3 is 6.36 Å². The van der Waals surface area contributed by atoms with Crippen LogP contribution in [0.4, 0.5) is 18.9 Å². The second kappa shape index (κ2) is 8.74. The van der Waals surface area contributed by atoms with E-state index in [0.29, 0.717) is 30.6 Å². The molecule has 2 aromatic carbocycles. The highest BCUT2D eigenvalue weighted by Gasteiger charge is 2.32. The predicted molar refractivity (Wildman–Crippen MR) is 112 cm³/mol. The lowest BCUT2D eigenvalue weighted by Gasteiger charge is -2.30. The Labute approximate surface area is 184 Å². The second-order valence-corrected chi connectivity index (χ2v) is 9.74. The minimum absolute atomic E-state index is 0.0152. The lowest BCUT2D eigenvalue weighted by molar-refractivity contribution is -0.274. The molecule has 1 amide bonds. The van der Waals surface area contributed by atoms with Gasteiger partial charge in [0.15, 0.2) is 0 Å². The summed E-state index contributed by atoms with van der Waals surface area (Å²) in [7, 11) is -3.76. The van der Waals surface area contributed by atoms with Crippen LogP contribution in [0.5, 0.6) is 5.75 Å². The molecule has 1 saturated carbocycles. The van der Waals surface area contributed by atoms with Gasteiger partial charge < -0.3 is 9.64 Å². The molecule has 1 aliphatic heterocycles. The van der Waals surface area contributed by atoms with E-state index in [2.05, 4.69) is 9.46 Å². The number of alkyl halides is 3. The van der Waals surface area contributed by atoms with Gasteiger partial charge in [0, 0.05) is 23.8 Å². The number of fused-ring (bicyclic) bond motifs is 1. The molecule has 1 heterocycles. The maximum absolute atomic E-state index is 13.2. The topological polar surface area (TPSA) is 75.7 Å². The normalized spacial score (nSPS) is 17.3. The number of carbonyl (C=O) groups is 1. The van der Waals surface area contributed by atoms with Gasteiger partial charge in [0.2, 0.25) is 10.0 Å². The first-order valence-electron chi connectivity index (χ1n) is 10.5. The molecule has 2 aliphatic rings. The van der Waals surface area contributed by atoms with E-state index < -0.39 is 22.3 Å². The van der Waals surface area contributed by atoms with Crippen molar-refractivity contribution in [1.82, 2.24) is 4.72 Å². The lowest BCUT2D eigenvalue weighted by atomic mass is 10.0. The largest absolute Gasteiger partial charge is 0.573 e. The summed E-state index contributed by atoms with van der Waals surface area (Å²) in [6, 6.07) is 9.62. The van der Waals surface area contributed by atoms with E-state index in [1.54, 1.807) is 0 Å². The molecule has 1 N–H and O–H groups in total. The first kappa shape index (κ1) is 22.6. The van der Waals surface area contributed by atoms with Gasteiger partial charge in [0.05, 0.1) is 4.90 Å². The zero-order valence-electron chi connectivity index (χ0n) is 17.2. The number of halogens is 3. The smallest absolute Gasteiger partial charge is 0.406 e. The summed E-state index contributed by atoms with van der Waals surface area (Å²) in [6.45, 7) is 0.378. The number of hydrogen-bond acceptors (Lipinski definition) is 4. The SMILES string of the molecule is O=C(c1cccc(S(=O)(=O)NC2CCCC2)c1)N1CCCc2cc(OC(F)(F)F)ccc21. The van der Waals surface area contributed by atoms with Gasteiger partial charge in [0.1, 0.15) is 5.75 Å². The number of benzene rings is 2. The van der Waals surface area contributed by atoms with Crippen molar-refractivity contribution < 1.29 is 31.1 Å². The molecular formula is C22H23F3N2O4S. The molecule has 172 valence electrons. The van der Waals surface area contributed by atoms with Crippen LogP contribution in [-0.4, -0.2) is 33.3 Å². The molecule has 32 heavy (non-hydrogen) atoms. The van der Waals surface area contributed by atoms with Crippen LogP contribution in [0, 0.1) is 0 Å². The third-order valence-corrected chi connectivity index (χ3v) is 7.23. The van der Waals surface area contributed by atoms with Crippen LogP contribution < -0.4 is 14.4 Å². The molecule has 0 unspecified atom stereocenters. The number of nitrogens with zero attached hydrogens (tertiary/aromatic N) is 1. The Bertz CT molecular complexity index is 1110. The fourth-order valence-electron chi connectivity index (χ4n) is 4.26. The average Bonchev–Trinajstić information content (AvgIpc) is 3.24. The van der Waals surface area contributed by atoms with Gasteiger partial charge in [0.25, 0.3) is 5.91 Å². The zero-order chi connectivity index (χ0) is 22.9. The number of aryl methyl sites for hydroxylation is 1. The molecule has 6 nitrogen and oxygen atoms in total. The summed E-state index contributed by atoms with van der Waals surface area (Å²) in [5.74, 6) is -0.745. The number of hydrogen-bond donors (Lipinski definition) is 1. The van der Waals surface area contributed by atoms with Crippen LogP contribution >= 0.6 is 0 Å². The number of carbonyl (C=O) groups excluding carboxylic acids is 1. The fraction of sp³-hybridized carbons (Fsp3) is 0.409. The summed E-state index contributed by atoms with van der Waals surface area (Å²) >= 11 is 0. The van der Waals surface area contributed by atoms with E-state index in [4.69, 9.17) is 0 Å². The van der Waals surface area contributed by atoms with Gasteiger partial charge in [-0.15, -0.1) is 13.2 Å². The average molecular weight is 468 g/mol. The summed E-state index contributed by atoms with van der Waals surface area (Å²) in [4.78, 5) is 14.7. The number of anilines is 1. The van der Waals surface area contributed by atoms with E-state index in [0.717, 1.165) is 25.7 Å². The Balaban J connectivity index is 1.57.